The summed E-state index contributed by atoms with van der Waals surface area (Å²) in [7, 11) is 0. The van der Waals surface area contributed by atoms with Crippen molar-refractivity contribution < 1.29 is 19.4 Å². The molecule has 5 heteroatoms. The Hall–Kier alpha value is -1.10. The molecule has 0 aliphatic heterocycles. The summed E-state index contributed by atoms with van der Waals surface area (Å²) in [5.41, 5.74) is -0.705. The number of hydrogen-bond donors (Lipinski definition) is 1. The number of likely N-dealkylation sites (N-methyl/N-ethyl adjacent to an activating group) is 1. The van der Waals surface area contributed by atoms with E-state index in [1.807, 2.05) is 11.8 Å². The molecule has 1 aliphatic carbocycles. The van der Waals surface area contributed by atoms with E-state index in [-0.39, 0.29) is 5.97 Å². The third-order valence-electron chi connectivity index (χ3n) is 3.93. The third kappa shape index (κ3) is 3.93. The molecule has 0 aromatic rings. The number of rotatable bonds is 8. The molecule has 0 aromatic carbocycles. The van der Waals surface area contributed by atoms with Gasteiger partial charge >= 0.3 is 11.9 Å². The molecule has 0 amide bonds. The fourth-order valence-corrected chi connectivity index (χ4v) is 2.95. The van der Waals surface area contributed by atoms with Crippen molar-refractivity contribution in [2.45, 2.75) is 57.9 Å². The molecular weight excluding hydrogens is 246 g/mol. The Morgan fingerprint density at radius 3 is 2.37 bits per heavy atom. The van der Waals surface area contributed by atoms with Crippen LogP contribution in [-0.4, -0.2) is 47.2 Å². The van der Waals surface area contributed by atoms with Gasteiger partial charge in [0.15, 0.2) is 0 Å². The van der Waals surface area contributed by atoms with Gasteiger partial charge in [0.05, 0.1) is 6.61 Å². The van der Waals surface area contributed by atoms with E-state index in [1.165, 1.54) is 0 Å². The van der Waals surface area contributed by atoms with Crippen LogP contribution < -0.4 is 0 Å². The van der Waals surface area contributed by atoms with E-state index in [9.17, 15) is 14.7 Å². The molecule has 0 spiro atoms. The molecule has 1 fully saturated rings. The highest BCUT2D eigenvalue weighted by Crippen LogP contribution is 2.35. The van der Waals surface area contributed by atoms with Crippen LogP contribution in [0.3, 0.4) is 0 Å². The number of hydrogen-bond acceptors (Lipinski definition) is 4. The second-order valence-corrected chi connectivity index (χ2v) is 5.03. The van der Waals surface area contributed by atoms with E-state index in [4.69, 9.17) is 4.74 Å². The van der Waals surface area contributed by atoms with Crippen LogP contribution in [0, 0.1) is 0 Å². The molecule has 19 heavy (non-hydrogen) atoms. The van der Waals surface area contributed by atoms with Crippen molar-refractivity contribution in [3.05, 3.63) is 0 Å². The lowest BCUT2D eigenvalue weighted by molar-refractivity contribution is -0.151. The number of ether oxygens (including phenoxy) is 1. The molecular formula is C14H25NO4. The van der Waals surface area contributed by atoms with Crippen LogP contribution in [0.25, 0.3) is 0 Å². The van der Waals surface area contributed by atoms with Crippen LogP contribution in [0.5, 0.6) is 0 Å². The van der Waals surface area contributed by atoms with Gasteiger partial charge in [0, 0.05) is 6.42 Å². The fourth-order valence-electron chi connectivity index (χ4n) is 2.95. The molecule has 110 valence electrons. The first-order valence-corrected chi connectivity index (χ1v) is 7.21. The number of carbonyl (C=O) groups is 2. The zero-order valence-electron chi connectivity index (χ0n) is 12.0. The average molecular weight is 271 g/mol. The van der Waals surface area contributed by atoms with E-state index in [1.54, 1.807) is 6.92 Å². The monoisotopic (exact) mass is 271 g/mol. The predicted octanol–water partition coefficient (Wildman–Crippen LogP) is 2.05. The highest BCUT2D eigenvalue weighted by Gasteiger charge is 2.45. The van der Waals surface area contributed by atoms with Crippen molar-refractivity contribution in [3.8, 4) is 0 Å². The smallest absolute Gasteiger partial charge is 0.324 e. The van der Waals surface area contributed by atoms with Gasteiger partial charge < -0.3 is 9.84 Å². The van der Waals surface area contributed by atoms with Crippen LogP contribution in [0.15, 0.2) is 0 Å². The molecule has 0 bridgehead atoms. The van der Waals surface area contributed by atoms with Gasteiger partial charge in [-0.25, -0.2) is 0 Å². The van der Waals surface area contributed by atoms with Crippen molar-refractivity contribution in [1.29, 1.82) is 0 Å². The Bertz CT molecular complexity index is 311. The van der Waals surface area contributed by atoms with E-state index in [0.29, 0.717) is 32.5 Å². The minimum Gasteiger partial charge on any atom is -0.480 e. The Labute approximate surface area is 114 Å². The molecule has 0 heterocycles. The summed E-state index contributed by atoms with van der Waals surface area (Å²) in [6.45, 7) is 5.51. The maximum atomic E-state index is 11.6. The summed E-state index contributed by atoms with van der Waals surface area (Å²) in [6.07, 6.45) is 4.40. The second-order valence-electron chi connectivity index (χ2n) is 5.03. The number of carbonyl (C=O) groups excluding carboxylic acids is 1. The number of carboxylic acids is 1. The standard InChI is InChI=1S/C14H25NO4/c1-3-15(11-7-8-12(16)19-4-2)14(13(17)18)9-5-6-10-14/h3-11H2,1-2H3,(H,17,18). The van der Waals surface area contributed by atoms with Crippen molar-refractivity contribution in [3.63, 3.8) is 0 Å². The predicted molar refractivity (Wildman–Crippen MR) is 71.9 cm³/mol. The maximum Gasteiger partial charge on any atom is 0.324 e. The Balaban J connectivity index is 2.52. The number of esters is 1. The number of aliphatic carboxylic acids is 1. The zero-order chi connectivity index (χ0) is 14.3. The molecule has 0 saturated heterocycles. The molecule has 0 aromatic heterocycles. The summed E-state index contributed by atoms with van der Waals surface area (Å²) >= 11 is 0. The van der Waals surface area contributed by atoms with Crippen molar-refractivity contribution >= 4 is 11.9 Å². The van der Waals surface area contributed by atoms with Crippen molar-refractivity contribution in [2.24, 2.45) is 0 Å². The molecule has 0 atom stereocenters. The summed E-state index contributed by atoms with van der Waals surface area (Å²) in [6, 6.07) is 0. The van der Waals surface area contributed by atoms with E-state index >= 15 is 0 Å². The van der Waals surface area contributed by atoms with Gasteiger partial charge in [0.2, 0.25) is 0 Å². The first-order chi connectivity index (χ1) is 9.06. The van der Waals surface area contributed by atoms with Gasteiger partial charge in [0.1, 0.15) is 5.54 Å². The zero-order valence-corrected chi connectivity index (χ0v) is 12.0. The minimum atomic E-state index is -0.719. The van der Waals surface area contributed by atoms with Crippen LogP contribution >= 0.6 is 0 Å². The summed E-state index contributed by atoms with van der Waals surface area (Å²) in [4.78, 5) is 24.9. The van der Waals surface area contributed by atoms with E-state index in [0.717, 1.165) is 25.7 Å². The second kappa shape index (κ2) is 7.48. The third-order valence-corrected chi connectivity index (χ3v) is 3.93. The van der Waals surface area contributed by atoms with Crippen LogP contribution in [0.1, 0.15) is 52.4 Å². The number of carboxylic acid groups (broad SMARTS) is 1. The summed E-state index contributed by atoms with van der Waals surface area (Å²) in [5, 5.41) is 9.52. The van der Waals surface area contributed by atoms with E-state index in [2.05, 4.69) is 0 Å². The highest BCUT2D eigenvalue weighted by molar-refractivity contribution is 5.79. The maximum absolute atomic E-state index is 11.6. The van der Waals surface area contributed by atoms with Gasteiger partial charge in [-0.1, -0.05) is 19.8 Å². The topological polar surface area (TPSA) is 66.8 Å². The molecule has 1 saturated carbocycles. The quantitative estimate of drug-likeness (QED) is 0.684. The van der Waals surface area contributed by atoms with Gasteiger partial charge in [-0.05, 0) is 39.3 Å². The lowest BCUT2D eigenvalue weighted by Crippen LogP contribution is -2.53. The first kappa shape index (κ1) is 16.0. The lowest BCUT2D eigenvalue weighted by atomic mass is 9.94. The first-order valence-electron chi connectivity index (χ1n) is 7.21. The average Bonchev–Trinajstić information content (AvgIpc) is 2.85. The van der Waals surface area contributed by atoms with E-state index < -0.39 is 11.5 Å². The molecule has 0 radical (unpaired) electrons. The van der Waals surface area contributed by atoms with Gasteiger partial charge in [0.25, 0.3) is 0 Å². The van der Waals surface area contributed by atoms with Crippen LogP contribution in [0.2, 0.25) is 0 Å². The molecule has 1 rings (SSSR count). The molecule has 5 nitrogen and oxygen atoms in total. The largest absolute Gasteiger partial charge is 0.480 e. The highest BCUT2D eigenvalue weighted by atomic mass is 16.5. The number of nitrogens with zero attached hydrogens (tertiary/aromatic N) is 1. The normalized spacial score (nSPS) is 17.6. The lowest BCUT2D eigenvalue weighted by Gasteiger charge is -2.37. The molecule has 1 N–H and O–H groups in total. The summed E-state index contributed by atoms with van der Waals surface area (Å²) in [5.74, 6) is -0.919. The Kier molecular flexibility index (Phi) is 6.28. The SMILES string of the molecule is CCOC(=O)CCCN(CC)C1(C(=O)O)CCCC1. The Morgan fingerprint density at radius 1 is 1.26 bits per heavy atom. The van der Waals surface area contributed by atoms with Crippen molar-refractivity contribution in [1.82, 2.24) is 4.90 Å². The fraction of sp³-hybridized carbons (Fsp3) is 0.857. The van der Waals surface area contributed by atoms with Crippen LogP contribution in [-0.2, 0) is 14.3 Å². The van der Waals surface area contributed by atoms with Crippen molar-refractivity contribution in [2.75, 3.05) is 19.7 Å². The van der Waals surface area contributed by atoms with Gasteiger partial charge in [-0.15, -0.1) is 0 Å². The summed E-state index contributed by atoms with van der Waals surface area (Å²) < 4.78 is 4.88. The van der Waals surface area contributed by atoms with Gasteiger partial charge in [-0.3, -0.25) is 14.5 Å². The van der Waals surface area contributed by atoms with Gasteiger partial charge in [-0.2, -0.15) is 0 Å². The molecule has 0 unspecified atom stereocenters. The Morgan fingerprint density at radius 2 is 1.89 bits per heavy atom. The minimum absolute atomic E-state index is 0.200. The van der Waals surface area contributed by atoms with Crippen LogP contribution in [0.4, 0.5) is 0 Å². The molecule has 1 aliphatic rings.